The Morgan fingerprint density at radius 2 is 2.08 bits per heavy atom. The van der Waals surface area contributed by atoms with Crippen molar-refractivity contribution in [3.63, 3.8) is 0 Å². The van der Waals surface area contributed by atoms with Crippen molar-refractivity contribution >= 4 is 5.91 Å². The molecule has 0 bridgehead atoms. The SMILES string of the molecule is C=CC(=O)N1CCN(C2NC(OC[C@@H]3CCCN3C)NC3C[C@]4(CCc5ccc(O)cc54)CCC32)C[C@@H]1C1CN1. The molecule has 1 aromatic rings. The summed E-state index contributed by atoms with van der Waals surface area (Å²) in [6.07, 6.45) is 9.48. The number of piperazine rings is 1. The molecule has 0 aromatic heterocycles. The van der Waals surface area contributed by atoms with Crippen LogP contribution in [0.5, 0.6) is 5.75 Å². The maximum Gasteiger partial charge on any atom is 0.246 e. The van der Waals surface area contributed by atoms with Crippen LogP contribution in [0.25, 0.3) is 0 Å². The fourth-order valence-electron chi connectivity index (χ4n) is 8.69. The van der Waals surface area contributed by atoms with Crippen LogP contribution in [-0.2, 0) is 21.4 Å². The number of nitrogens with one attached hydrogen (secondary N) is 3. The number of fused-ring (bicyclic) bond motifs is 3. The highest BCUT2D eigenvalue weighted by Crippen LogP contribution is 2.52. The van der Waals surface area contributed by atoms with Crippen molar-refractivity contribution in [2.24, 2.45) is 5.92 Å². The highest BCUT2D eigenvalue weighted by molar-refractivity contribution is 5.87. The zero-order valence-electron chi connectivity index (χ0n) is 23.9. The summed E-state index contributed by atoms with van der Waals surface area (Å²) in [5, 5.41) is 21.6. The number of amides is 1. The molecule has 8 atom stereocenters. The second kappa shape index (κ2) is 10.7. The average Bonchev–Trinajstić information content (AvgIpc) is 3.66. The van der Waals surface area contributed by atoms with Gasteiger partial charge < -0.3 is 25.0 Å². The largest absolute Gasteiger partial charge is 0.508 e. The third-order valence-electron chi connectivity index (χ3n) is 11.0. The van der Waals surface area contributed by atoms with Gasteiger partial charge in [0.25, 0.3) is 0 Å². The van der Waals surface area contributed by atoms with Gasteiger partial charge in [0.1, 0.15) is 5.75 Å². The average molecular weight is 551 g/mol. The number of carbonyl (C=O) groups is 1. The molecule has 1 amide bonds. The second-order valence-electron chi connectivity index (χ2n) is 13.2. The van der Waals surface area contributed by atoms with E-state index in [0.29, 0.717) is 29.8 Å². The van der Waals surface area contributed by atoms with Gasteiger partial charge in [-0.25, -0.2) is 0 Å². The zero-order valence-corrected chi connectivity index (χ0v) is 23.9. The number of ether oxygens (including phenoxy) is 1. The molecule has 2 aliphatic carbocycles. The first-order valence-corrected chi connectivity index (χ1v) is 15.5. The molecule has 1 saturated carbocycles. The number of aryl methyl sites for hydroxylation is 1. The van der Waals surface area contributed by atoms with Crippen molar-refractivity contribution in [2.75, 3.05) is 46.4 Å². The summed E-state index contributed by atoms with van der Waals surface area (Å²) in [5.74, 6) is 0.876. The molecular weight excluding hydrogens is 504 g/mol. The maximum absolute atomic E-state index is 12.7. The maximum atomic E-state index is 12.7. The van der Waals surface area contributed by atoms with E-state index in [-0.39, 0.29) is 29.9 Å². The molecule has 40 heavy (non-hydrogen) atoms. The van der Waals surface area contributed by atoms with E-state index in [1.54, 1.807) is 0 Å². The van der Waals surface area contributed by atoms with E-state index in [2.05, 4.69) is 45.4 Å². The van der Waals surface area contributed by atoms with E-state index in [1.807, 2.05) is 17.0 Å². The lowest BCUT2D eigenvalue weighted by Crippen LogP contribution is -2.73. The second-order valence-corrected chi connectivity index (χ2v) is 13.2. The number of carbonyl (C=O) groups excluding carboxylic acids is 1. The minimum absolute atomic E-state index is 0.0409. The van der Waals surface area contributed by atoms with Gasteiger partial charge in [0.2, 0.25) is 5.91 Å². The Hall–Kier alpha value is -2.01. The predicted octanol–water partition coefficient (Wildman–Crippen LogP) is 1.33. The Morgan fingerprint density at radius 1 is 1.20 bits per heavy atom. The Morgan fingerprint density at radius 3 is 2.85 bits per heavy atom. The van der Waals surface area contributed by atoms with E-state index in [9.17, 15) is 9.90 Å². The number of phenols is 1. The molecule has 0 radical (unpaired) electrons. The Balaban J connectivity index is 1.12. The summed E-state index contributed by atoms with van der Waals surface area (Å²) >= 11 is 0. The molecule has 9 nitrogen and oxygen atoms in total. The number of likely N-dealkylation sites (tertiary alicyclic amines) is 1. The number of hydrogen-bond donors (Lipinski definition) is 4. The predicted molar refractivity (Wildman–Crippen MR) is 154 cm³/mol. The standard InChI is InChI=1S/C31H46N6O3/c1-3-28(39)37-14-13-36(18-27(37)26-17-32-26)29-23-9-11-31(10-8-20-6-7-22(38)15-24(20)31)16-25(23)33-30(34-29)40-19-21-5-4-12-35(21)2/h3,6-7,15,21,23,25-27,29-30,32-34,38H,1,4-5,8-14,16-19H2,2H3/t21-,23?,25?,26?,27+,29?,30?,31-/m0/s1. The molecular formula is C31H46N6O3. The van der Waals surface area contributed by atoms with Crippen molar-refractivity contribution in [3.8, 4) is 5.75 Å². The molecule has 7 rings (SSSR count). The van der Waals surface area contributed by atoms with Gasteiger partial charge >= 0.3 is 0 Å². The zero-order chi connectivity index (χ0) is 27.4. The Labute approximate surface area is 238 Å². The lowest BCUT2D eigenvalue weighted by Gasteiger charge is -2.55. The quantitative estimate of drug-likeness (QED) is 0.311. The first-order chi connectivity index (χ1) is 19.4. The highest BCUT2D eigenvalue weighted by Gasteiger charge is 2.52. The number of nitrogens with zero attached hydrogens (tertiary/aromatic N) is 3. The number of benzene rings is 1. The molecule has 4 saturated heterocycles. The summed E-state index contributed by atoms with van der Waals surface area (Å²) in [7, 11) is 2.20. The van der Waals surface area contributed by atoms with Crippen LogP contribution in [-0.4, -0.2) is 109 Å². The van der Waals surface area contributed by atoms with Gasteiger partial charge in [-0.2, -0.15) is 0 Å². The van der Waals surface area contributed by atoms with E-state index >= 15 is 0 Å². The first-order valence-electron chi connectivity index (χ1n) is 15.5. The van der Waals surface area contributed by atoms with Crippen molar-refractivity contribution < 1.29 is 14.6 Å². The summed E-state index contributed by atoms with van der Waals surface area (Å²) in [6.45, 7) is 9.04. The molecule has 5 unspecified atom stereocenters. The molecule has 1 aromatic carbocycles. The summed E-state index contributed by atoms with van der Waals surface area (Å²) in [6, 6.07) is 7.34. The van der Waals surface area contributed by atoms with Gasteiger partial charge in [0.15, 0.2) is 6.35 Å². The van der Waals surface area contributed by atoms with Crippen LogP contribution in [0.4, 0.5) is 0 Å². The third-order valence-corrected chi connectivity index (χ3v) is 11.0. The van der Waals surface area contributed by atoms with Gasteiger partial charge in [-0.15, -0.1) is 0 Å². The molecule has 9 heteroatoms. The van der Waals surface area contributed by atoms with Crippen LogP contribution >= 0.6 is 0 Å². The minimum atomic E-state index is -0.203. The first kappa shape index (κ1) is 26.9. The Kier molecular flexibility index (Phi) is 7.17. The molecule has 218 valence electrons. The van der Waals surface area contributed by atoms with Crippen molar-refractivity contribution in [1.29, 1.82) is 0 Å². The van der Waals surface area contributed by atoms with Crippen LogP contribution in [0.1, 0.15) is 49.7 Å². The Bertz CT molecular complexity index is 1130. The molecule has 4 aliphatic heterocycles. The lowest BCUT2D eigenvalue weighted by atomic mass is 9.64. The number of rotatable bonds is 6. The van der Waals surface area contributed by atoms with Crippen molar-refractivity contribution in [2.45, 2.75) is 87.0 Å². The van der Waals surface area contributed by atoms with Crippen LogP contribution in [0.2, 0.25) is 0 Å². The van der Waals surface area contributed by atoms with Crippen molar-refractivity contribution in [1.82, 2.24) is 30.7 Å². The molecule has 5 fully saturated rings. The highest BCUT2D eigenvalue weighted by atomic mass is 16.5. The van der Waals surface area contributed by atoms with Gasteiger partial charge in [-0.1, -0.05) is 12.6 Å². The van der Waals surface area contributed by atoms with E-state index in [1.165, 1.54) is 30.0 Å². The summed E-state index contributed by atoms with van der Waals surface area (Å²) in [4.78, 5) is 19.7. The minimum Gasteiger partial charge on any atom is -0.508 e. The lowest BCUT2D eigenvalue weighted by molar-refractivity contribution is -0.136. The number of phenolic OH excluding ortho intramolecular Hbond substituents is 1. The summed E-state index contributed by atoms with van der Waals surface area (Å²) < 4.78 is 6.59. The monoisotopic (exact) mass is 550 g/mol. The number of hydrogen-bond acceptors (Lipinski definition) is 8. The third kappa shape index (κ3) is 4.88. The topological polar surface area (TPSA) is 102 Å². The van der Waals surface area contributed by atoms with Gasteiger partial charge in [0, 0.05) is 50.2 Å². The summed E-state index contributed by atoms with van der Waals surface area (Å²) in [5.41, 5.74) is 2.89. The molecule has 1 spiro atoms. The smallest absolute Gasteiger partial charge is 0.246 e. The van der Waals surface area contributed by atoms with E-state index in [4.69, 9.17) is 4.74 Å². The number of likely N-dealkylation sites (N-methyl/N-ethyl adjacent to an activating group) is 1. The van der Waals surface area contributed by atoms with Gasteiger partial charge in [-0.3, -0.25) is 20.3 Å². The van der Waals surface area contributed by atoms with Crippen molar-refractivity contribution in [3.05, 3.63) is 42.0 Å². The molecule has 6 aliphatic rings. The van der Waals surface area contributed by atoms with E-state index < -0.39 is 0 Å². The molecule has 4 heterocycles. The van der Waals surface area contributed by atoms with Gasteiger partial charge in [-0.05, 0) is 93.3 Å². The van der Waals surface area contributed by atoms with Crippen LogP contribution < -0.4 is 16.0 Å². The fourth-order valence-corrected chi connectivity index (χ4v) is 8.69. The van der Waals surface area contributed by atoms with Crippen LogP contribution in [0.3, 0.4) is 0 Å². The normalized spacial score (nSPS) is 39.7. The van der Waals surface area contributed by atoms with Crippen LogP contribution in [0, 0.1) is 5.92 Å². The van der Waals surface area contributed by atoms with E-state index in [0.717, 1.165) is 71.4 Å². The van der Waals surface area contributed by atoms with Crippen LogP contribution in [0.15, 0.2) is 30.9 Å². The molecule has 4 N–H and O–H groups in total. The van der Waals surface area contributed by atoms with Gasteiger partial charge in [0.05, 0.1) is 18.8 Å². The fraction of sp³-hybridized carbons (Fsp3) is 0.710. The number of aromatic hydroxyl groups is 1.